The second-order valence-electron chi connectivity index (χ2n) is 10.1. The molecule has 0 aliphatic heterocycles. The second-order valence-corrected chi connectivity index (χ2v) is 11.3. The van der Waals surface area contributed by atoms with E-state index in [1.165, 1.54) is 10.9 Å². The van der Waals surface area contributed by atoms with Gasteiger partial charge in [0.25, 0.3) is 5.56 Å². The van der Waals surface area contributed by atoms with Gasteiger partial charge in [-0.25, -0.2) is 29.0 Å². The maximum atomic E-state index is 13.8. The summed E-state index contributed by atoms with van der Waals surface area (Å²) in [7, 11) is -5.53. The Morgan fingerprint density at radius 1 is 1.00 bits per heavy atom. The van der Waals surface area contributed by atoms with Crippen LogP contribution in [-0.4, -0.2) is 38.9 Å². The number of fused-ring (bicyclic) bond motifs is 3. The van der Waals surface area contributed by atoms with Gasteiger partial charge >= 0.3 is 64.8 Å². The van der Waals surface area contributed by atoms with Gasteiger partial charge in [0, 0.05) is 36.5 Å². The minimum atomic E-state index is -5.53. The van der Waals surface area contributed by atoms with Gasteiger partial charge in [-0.1, -0.05) is 12.1 Å². The van der Waals surface area contributed by atoms with Crippen LogP contribution >= 0.6 is 7.82 Å². The molecule has 5 aromatic heterocycles. The number of phosphoric ester groups is 1. The average molecular weight is 655 g/mol. The van der Waals surface area contributed by atoms with E-state index in [1.54, 1.807) is 81.1 Å². The number of nitrogens with zero attached hydrogens (tertiary/aromatic N) is 9. The van der Waals surface area contributed by atoms with Crippen molar-refractivity contribution in [1.82, 2.24) is 38.9 Å². The largest absolute Gasteiger partial charge is 1.00 e. The fourth-order valence-corrected chi connectivity index (χ4v) is 4.83. The van der Waals surface area contributed by atoms with Crippen LogP contribution in [-0.2, 0) is 21.2 Å². The molecule has 220 valence electrons. The molecule has 18 heteroatoms. The topological polar surface area (TPSA) is 210 Å². The Bertz CT molecular complexity index is 2260. The number of aromatic nitrogens is 8. The Morgan fingerprint density at radius 3 is 2.30 bits per heavy atom. The molecule has 0 unspecified atom stereocenters. The Morgan fingerprint density at radius 2 is 1.70 bits per heavy atom. The fourth-order valence-electron chi connectivity index (χ4n) is 4.58. The van der Waals surface area contributed by atoms with Gasteiger partial charge in [0.1, 0.15) is 12.2 Å². The molecule has 0 saturated heterocycles. The smallest absolute Gasteiger partial charge is 0.790 e. The number of hydrogen-bond acceptors (Lipinski definition) is 12. The minimum Gasteiger partial charge on any atom is -0.790 e. The third-order valence-corrected chi connectivity index (χ3v) is 7.35. The third-order valence-electron chi connectivity index (χ3n) is 6.92. The van der Waals surface area contributed by atoms with E-state index in [1.807, 2.05) is 0 Å². The Hall–Kier alpha value is -3.39. The quantitative estimate of drug-likeness (QED) is 0.0904. The van der Waals surface area contributed by atoms with E-state index in [9.17, 15) is 29.2 Å². The summed E-state index contributed by atoms with van der Waals surface area (Å²) in [6, 6.07) is 13.8. The average Bonchev–Trinajstić information content (AvgIpc) is 3.56. The summed E-state index contributed by atoms with van der Waals surface area (Å²) < 4.78 is 18.6. The SMILES string of the molecule is CC(C)(C#N)c1ccc(-n2c(=O)n(COP(=O)([O-])[O-])c(=O)c3cnc4ccc(-c5cnc(-n6cccn6)nc5)nc4c32)cc1.[Na+].[Na+]. The van der Waals surface area contributed by atoms with Crippen molar-refractivity contribution in [3.05, 3.63) is 99.9 Å². The van der Waals surface area contributed by atoms with Crippen LogP contribution in [0.5, 0.6) is 0 Å². The van der Waals surface area contributed by atoms with Crippen molar-refractivity contribution >= 4 is 29.8 Å². The number of nitriles is 1. The zero-order chi connectivity index (χ0) is 31.2. The van der Waals surface area contributed by atoms with Crippen LogP contribution in [0.25, 0.3) is 44.8 Å². The van der Waals surface area contributed by atoms with Crippen LogP contribution in [0.2, 0.25) is 0 Å². The fraction of sp³-hybridized carbons (Fsp3) is 0.143. The normalized spacial score (nSPS) is 11.5. The van der Waals surface area contributed by atoms with Gasteiger partial charge < -0.3 is 18.9 Å². The van der Waals surface area contributed by atoms with Crippen LogP contribution < -0.4 is 80.2 Å². The zero-order valence-electron chi connectivity index (χ0n) is 25.1. The number of pyridine rings is 2. The van der Waals surface area contributed by atoms with Gasteiger partial charge in [0.15, 0.2) is 0 Å². The first kappa shape index (κ1) is 35.5. The van der Waals surface area contributed by atoms with Gasteiger partial charge in [0.05, 0.1) is 47.1 Å². The summed E-state index contributed by atoms with van der Waals surface area (Å²) in [5.74, 6) is 0.340. The zero-order valence-corrected chi connectivity index (χ0v) is 30.0. The number of phosphoric acid groups is 1. The van der Waals surface area contributed by atoms with Crippen molar-refractivity contribution in [2.45, 2.75) is 26.0 Å². The van der Waals surface area contributed by atoms with Crippen molar-refractivity contribution in [3.63, 3.8) is 0 Å². The maximum Gasteiger partial charge on any atom is 1.00 e. The summed E-state index contributed by atoms with van der Waals surface area (Å²) in [6.45, 7) is 2.34. The molecule has 0 N–H and O–H groups in total. The maximum absolute atomic E-state index is 13.8. The number of benzene rings is 1. The molecule has 0 aliphatic rings. The Labute approximate surface area is 304 Å². The predicted octanol–water partition coefficient (Wildman–Crippen LogP) is -4.65. The van der Waals surface area contributed by atoms with Crippen LogP contribution in [0, 0.1) is 11.3 Å². The van der Waals surface area contributed by atoms with Crippen molar-refractivity contribution in [2.75, 3.05) is 0 Å². The third kappa shape index (κ3) is 6.83. The molecule has 0 radical (unpaired) electrons. The second kappa shape index (κ2) is 13.8. The summed E-state index contributed by atoms with van der Waals surface area (Å²) >= 11 is 0. The van der Waals surface area contributed by atoms with Crippen molar-refractivity contribution in [2.24, 2.45) is 0 Å². The standard InChI is InChI=1S/C28H22N9O6P.2Na/c1-28(2,15-29)18-4-6-19(7-5-18)37-24-20(25(38)35(27(37)39)16-43-44(40,41)42)14-30-22-9-8-21(34-23(22)24)17-12-31-26(32-13-17)36-11-3-10-33-36;;/h3-14H,16H2,1-2H3,(H2,40,41,42);;/q;2*+1/p-2. The van der Waals surface area contributed by atoms with Crippen molar-refractivity contribution in [1.29, 1.82) is 5.26 Å². The summed E-state index contributed by atoms with van der Waals surface area (Å²) in [5, 5.41) is 13.6. The summed E-state index contributed by atoms with van der Waals surface area (Å²) in [4.78, 5) is 67.4. The molecule has 0 amide bonds. The van der Waals surface area contributed by atoms with E-state index in [0.29, 0.717) is 32.9 Å². The van der Waals surface area contributed by atoms with Gasteiger partial charge in [-0.15, -0.1) is 0 Å². The van der Waals surface area contributed by atoms with Crippen LogP contribution in [0.1, 0.15) is 19.4 Å². The first-order valence-corrected chi connectivity index (χ1v) is 14.4. The Kier molecular flexibility index (Phi) is 10.6. The summed E-state index contributed by atoms with van der Waals surface area (Å²) in [5.41, 5.74) is -0.274. The molecule has 0 fully saturated rings. The number of rotatable bonds is 7. The molecule has 15 nitrogen and oxygen atoms in total. The molecule has 46 heavy (non-hydrogen) atoms. The minimum absolute atomic E-state index is 0. The molecule has 0 atom stereocenters. The molecular formula is C28H20N9Na2O6P. The molecule has 0 saturated carbocycles. The van der Waals surface area contributed by atoms with E-state index in [4.69, 9.17) is 4.98 Å². The van der Waals surface area contributed by atoms with Crippen molar-refractivity contribution in [3.8, 4) is 29.0 Å². The van der Waals surface area contributed by atoms with Gasteiger partial charge in [-0.3, -0.25) is 14.3 Å². The van der Waals surface area contributed by atoms with Crippen molar-refractivity contribution < 1.29 is 78.0 Å². The first-order chi connectivity index (χ1) is 21.0. The van der Waals surface area contributed by atoms with E-state index < -0.39 is 31.2 Å². The van der Waals surface area contributed by atoms with Crippen LogP contribution in [0.4, 0.5) is 0 Å². The van der Waals surface area contributed by atoms with Crippen LogP contribution in [0.15, 0.2) is 83.0 Å². The van der Waals surface area contributed by atoms with Crippen LogP contribution in [0.3, 0.4) is 0 Å². The molecule has 0 aliphatic carbocycles. The van der Waals surface area contributed by atoms with Gasteiger partial charge in [-0.05, 0) is 49.7 Å². The molecule has 6 aromatic rings. The van der Waals surface area contributed by atoms with E-state index in [0.717, 1.165) is 4.57 Å². The molecule has 5 heterocycles. The molecule has 0 bridgehead atoms. The molecule has 6 rings (SSSR count). The number of hydrogen-bond donors (Lipinski definition) is 0. The first-order valence-electron chi connectivity index (χ1n) is 12.9. The van der Waals surface area contributed by atoms with Gasteiger partial charge in [-0.2, -0.15) is 10.4 Å². The van der Waals surface area contributed by atoms with E-state index in [2.05, 4.69) is 30.6 Å². The van der Waals surface area contributed by atoms with E-state index >= 15 is 0 Å². The monoisotopic (exact) mass is 655 g/mol. The summed E-state index contributed by atoms with van der Waals surface area (Å²) in [6.07, 6.45) is 7.62. The predicted molar refractivity (Wildman–Crippen MR) is 152 cm³/mol. The molecule has 0 spiro atoms. The molecular weight excluding hydrogens is 635 g/mol. The Balaban J connectivity index is 0.00000240. The van der Waals surface area contributed by atoms with Gasteiger partial charge in [0.2, 0.25) is 5.95 Å². The molecule has 1 aromatic carbocycles. The van der Waals surface area contributed by atoms with E-state index in [-0.39, 0.29) is 81.2 Å².